The minimum atomic E-state index is -0.442. The van der Waals surface area contributed by atoms with E-state index in [-0.39, 0.29) is 30.0 Å². The molecule has 12 heteroatoms. The van der Waals surface area contributed by atoms with Gasteiger partial charge in [0, 0.05) is 51.6 Å². The van der Waals surface area contributed by atoms with Gasteiger partial charge in [0.15, 0.2) is 6.29 Å². The Morgan fingerprint density at radius 1 is 1.37 bits per heavy atom. The number of nitrogens with one attached hydrogen (secondary N) is 3. The summed E-state index contributed by atoms with van der Waals surface area (Å²) in [7, 11) is 3.30. The number of pyridine rings is 2. The lowest BCUT2D eigenvalue weighted by atomic mass is 10.0. The van der Waals surface area contributed by atoms with Crippen molar-refractivity contribution in [3.8, 4) is 6.07 Å². The number of urea groups is 1. The fourth-order valence-corrected chi connectivity index (χ4v) is 4.70. The van der Waals surface area contributed by atoms with Gasteiger partial charge < -0.3 is 20.3 Å². The molecule has 2 aliphatic heterocycles. The number of amides is 3. The Morgan fingerprint density at radius 3 is 2.92 bits per heavy atom. The van der Waals surface area contributed by atoms with Crippen molar-refractivity contribution in [2.45, 2.75) is 38.3 Å². The number of anilines is 3. The van der Waals surface area contributed by atoms with Gasteiger partial charge in [-0.25, -0.2) is 14.8 Å². The Balaban J connectivity index is 1.51. The van der Waals surface area contributed by atoms with Gasteiger partial charge in [-0.3, -0.25) is 19.8 Å². The van der Waals surface area contributed by atoms with Crippen LogP contribution in [0, 0.1) is 11.3 Å². The predicted octanol–water partition coefficient (Wildman–Crippen LogP) is 1.91. The van der Waals surface area contributed by atoms with Crippen LogP contribution in [-0.4, -0.2) is 79.5 Å². The number of fused-ring (bicyclic) bond motifs is 1. The van der Waals surface area contributed by atoms with Gasteiger partial charge in [-0.15, -0.1) is 0 Å². The summed E-state index contributed by atoms with van der Waals surface area (Å²) in [5.74, 6) is 0.677. The molecule has 1 fully saturated rings. The summed E-state index contributed by atoms with van der Waals surface area (Å²) < 4.78 is 5.04. The minimum Gasteiger partial charge on any atom is -0.383 e. The average Bonchev–Trinajstić information content (AvgIpc) is 3.47. The molecule has 1 atom stereocenters. The number of hydrogen-bond acceptors (Lipinski definition) is 9. The van der Waals surface area contributed by atoms with Crippen LogP contribution >= 0.6 is 0 Å². The van der Waals surface area contributed by atoms with Crippen molar-refractivity contribution in [1.82, 2.24) is 20.2 Å². The molecule has 0 aromatic carbocycles. The van der Waals surface area contributed by atoms with Crippen LogP contribution in [-0.2, 0) is 22.5 Å². The summed E-state index contributed by atoms with van der Waals surface area (Å²) in [6.07, 6.45) is 5.23. The van der Waals surface area contributed by atoms with Gasteiger partial charge in [-0.1, -0.05) is 0 Å². The highest BCUT2D eigenvalue weighted by Gasteiger charge is 2.28. The van der Waals surface area contributed by atoms with Crippen LogP contribution in [0.1, 0.15) is 46.4 Å². The molecule has 2 aromatic rings. The van der Waals surface area contributed by atoms with Crippen LogP contribution in [0.2, 0.25) is 0 Å². The van der Waals surface area contributed by atoms with E-state index in [1.165, 1.54) is 11.1 Å². The first kappa shape index (κ1) is 27.0. The van der Waals surface area contributed by atoms with E-state index < -0.39 is 6.03 Å². The maximum atomic E-state index is 13.2. The number of hydrogen-bond donors (Lipinski definition) is 3. The minimum absolute atomic E-state index is 0.0101. The van der Waals surface area contributed by atoms with Crippen molar-refractivity contribution >= 4 is 35.5 Å². The molecule has 4 rings (SSSR count). The fraction of sp³-hybridized carbons (Fsp3) is 0.462. The molecule has 3 amide bonds. The van der Waals surface area contributed by atoms with Gasteiger partial charge in [0.25, 0.3) is 0 Å². The van der Waals surface area contributed by atoms with Crippen molar-refractivity contribution in [2.75, 3.05) is 55.9 Å². The van der Waals surface area contributed by atoms with E-state index in [1.807, 2.05) is 6.07 Å². The lowest BCUT2D eigenvalue weighted by Gasteiger charge is -2.30. The first-order valence-corrected chi connectivity index (χ1v) is 12.6. The third-order valence-corrected chi connectivity index (χ3v) is 6.65. The van der Waals surface area contributed by atoms with Gasteiger partial charge in [0.2, 0.25) is 5.91 Å². The first-order chi connectivity index (χ1) is 18.4. The molecule has 1 saturated heterocycles. The summed E-state index contributed by atoms with van der Waals surface area (Å²) in [6, 6.07) is 4.90. The lowest BCUT2D eigenvalue weighted by Crippen LogP contribution is -2.42. The zero-order valence-electron chi connectivity index (χ0n) is 21.6. The Kier molecular flexibility index (Phi) is 8.83. The van der Waals surface area contributed by atoms with Crippen LogP contribution < -0.4 is 20.9 Å². The molecular weight excluding hydrogens is 488 g/mol. The highest BCUT2D eigenvalue weighted by Crippen LogP contribution is 2.29. The highest BCUT2D eigenvalue weighted by atomic mass is 16.5. The number of aromatic nitrogens is 2. The molecular formula is C26H32N8O4. The lowest BCUT2D eigenvalue weighted by molar-refractivity contribution is -0.132. The second-order valence-corrected chi connectivity index (χ2v) is 9.31. The van der Waals surface area contributed by atoms with Crippen molar-refractivity contribution in [3.63, 3.8) is 0 Å². The normalized spacial score (nSPS) is 16.3. The van der Waals surface area contributed by atoms with Crippen molar-refractivity contribution < 1.29 is 19.1 Å². The Morgan fingerprint density at radius 2 is 2.21 bits per heavy atom. The number of aryl methyl sites for hydroxylation is 1. The van der Waals surface area contributed by atoms with Crippen molar-refractivity contribution in [1.29, 1.82) is 5.26 Å². The Hall–Kier alpha value is -4.08. The van der Waals surface area contributed by atoms with E-state index in [4.69, 9.17) is 4.74 Å². The Labute approximate surface area is 221 Å². The molecule has 3 N–H and O–H groups in total. The molecule has 0 saturated carbocycles. The third-order valence-electron chi connectivity index (χ3n) is 6.65. The molecule has 0 bridgehead atoms. The SMILES string of the molecule is COCCNc1cc(NC(=O)N2CCCc3cc(CN(C)C(=O)[C@@H]4CCCN4)c(C=O)nc32)ncc1C#N. The quantitative estimate of drug-likeness (QED) is 0.332. The molecule has 2 aliphatic rings. The van der Waals surface area contributed by atoms with Crippen LogP contribution in [0.3, 0.4) is 0 Å². The molecule has 200 valence electrons. The topological polar surface area (TPSA) is 153 Å². The number of likely N-dealkylation sites (N-methyl/N-ethyl adjacent to an activating group) is 1. The molecule has 12 nitrogen and oxygen atoms in total. The largest absolute Gasteiger partial charge is 0.383 e. The highest BCUT2D eigenvalue weighted by molar-refractivity contribution is 6.02. The molecule has 38 heavy (non-hydrogen) atoms. The van der Waals surface area contributed by atoms with Gasteiger partial charge >= 0.3 is 6.03 Å². The van der Waals surface area contributed by atoms with E-state index in [2.05, 4.69) is 32.0 Å². The van der Waals surface area contributed by atoms with Gasteiger partial charge in [0.1, 0.15) is 23.4 Å². The van der Waals surface area contributed by atoms with Crippen LogP contribution in [0.5, 0.6) is 0 Å². The number of aldehydes is 1. The molecule has 4 heterocycles. The van der Waals surface area contributed by atoms with E-state index in [1.54, 1.807) is 25.1 Å². The van der Waals surface area contributed by atoms with Crippen LogP contribution in [0.25, 0.3) is 0 Å². The molecule has 0 aliphatic carbocycles. The van der Waals surface area contributed by atoms with Crippen molar-refractivity contribution in [2.24, 2.45) is 0 Å². The number of nitrogens with zero attached hydrogens (tertiary/aromatic N) is 5. The second kappa shape index (κ2) is 12.4. The second-order valence-electron chi connectivity index (χ2n) is 9.31. The van der Waals surface area contributed by atoms with E-state index in [0.717, 1.165) is 24.9 Å². The number of ether oxygens (including phenoxy) is 1. The van der Waals surface area contributed by atoms with Crippen molar-refractivity contribution in [3.05, 3.63) is 40.7 Å². The number of carbonyl (C=O) groups excluding carboxylic acids is 3. The molecule has 0 spiro atoms. The number of nitriles is 1. The fourth-order valence-electron chi connectivity index (χ4n) is 4.70. The third kappa shape index (κ3) is 6.07. The molecule has 2 aromatic heterocycles. The zero-order chi connectivity index (χ0) is 27.1. The Bertz CT molecular complexity index is 1240. The zero-order valence-corrected chi connectivity index (χ0v) is 21.6. The molecule has 0 radical (unpaired) electrons. The number of methoxy groups -OCH3 is 1. The van der Waals surface area contributed by atoms with E-state index in [9.17, 15) is 19.6 Å². The average molecular weight is 521 g/mol. The number of rotatable bonds is 9. The van der Waals surface area contributed by atoms with Gasteiger partial charge in [-0.2, -0.15) is 5.26 Å². The maximum Gasteiger partial charge on any atom is 0.328 e. The predicted molar refractivity (Wildman–Crippen MR) is 141 cm³/mol. The smallest absolute Gasteiger partial charge is 0.328 e. The van der Waals surface area contributed by atoms with E-state index in [0.29, 0.717) is 61.5 Å². The summed E-state index contributed by atoms with van der Waals surface area (Å²) in [4.78, 5) is 49.8. The van der Waals surface area contributed by atoms with E-state index >= 15 is 0 Å². The first-order valence-electron chi connectivity index (χ1n) is 12.6. The standard InChI is InChI=1S/C26H32N8O4/c1-33(25(36)20-6-3-7-28-20)15-18-11-17-5-4-9-34(24(17)31-22(18)16-35)26(37)32-23-12-21(29-8-10-38-2)19(13-27)14-30-23/h11-12,14,16,20,28H,3-10,15H2,1-2H3,(H2,29,30,32,37)/t20-/m0/s1. The summed E-state index contributed by atoms with van der Waals surface area (Å²) in [6.45, 7) is 2.44. The van der Waals surface area contributed by atoms with Gasteiger partial charge in [-0.05, 0) is 43.9 Å². The summed E-state index contributed by atoms with van der Waals surface area (Å²) >= 11 is 0. The number of carbonyl (C=O) groups is 3. The maximum absolute atomic E-state index is 13.2. The molecule has 0 unspecified atom stereocenters. The monoisotopic (exact) mass is 520 g/mol. The van der Waals surface area contributed by atoms with Crippen LogP contribution in [0.15, 0.2) is 18.3 Å². The van der Waals surface area contributed by atoms with Crippen LogP contribution in [0.4, 0.5) is 22.1 Å². The summed E-state index contributed by atoms with van der Waals surface area (Å²) in [5.41, 5.74) is 2.56. The van der Waals surface area contributed by atoms with Gasteiger partial charge in [0.05, 0.1) is 23.9 Å². The summed E-state index contributed by atoms with van der Waals surface area (Å²) in [5, 5.41) is 18.4.